The number of carbonyl (C=O) groups excluding carboxylic acids is 1. The number of hydrogen-bond donors (Lipinski definition) is 1. The van der Waals surface area contributed by atoms with Crippen LogP contribution in [0.1, 0.15) is 10.5 Å². The number of amides is 1. The highest BCUT2D eigenvalue weighted by Gasteiger charge is 2.31. The number of benzene rings is 1. The van der Waals surface area contributed by atoms with Crippen LogP contribution in [0.3, 0.4) is 0 Å². The first-order chi connectivity index (χ1) is 12.1. The molecule has 0 saturated heterocycles. The van der Waals surface area contributed by atoms with E-state index < -0.39 is 11.6 Å². The highest BCUT2D eigenvalue weighted by atomic mass is 19.2. The maximum Gasteiger partial charge on any atom is 0.271 e. The molecular formula is C18H15F2N3O2. The molecule has 1 aliphatic rings. The van der Waals surface area contributed by atoms with E-state index in [-0.39, 0.29) is 19.1 Å². The number of β-amino-alcohol motifs (C(OH)–C–C–N with tert-alkyl or cyclic N) is 1. The van der Waals surface area contributed by atoms with Gasteiger partial charge in [0.25, 0.3) is 5.91 Å². The van der Waals surface area contributed by atoms with E-state index in [2.05, 4.69) is 4.98 Å². The zero-order chi connectivity index (χ0) is 17.6. The Hall–Kier alpha value is -2.80. The van der Waals surface area contributed by atoms with Gasteiger partial charge in [0.1, 0.15) is 5.69 Å². The van der Waals surface area contributed by atoms with Gasteiger partial charge in [0.05, 0.1) is 17.6 Å². The molecule has 0 spiro atoms. The van der Waals surface area contributed by atoms with Crippen molar-refractivity contribution in [2.75, 3.05) is 19.7 Å². The van der Waals surface area contributed by atoms with Gasteiger partial charge in [0.15, 0.2) is 11.6 Å². The standard InChI is InChI=1S/C18H15F2N3O2/c19-12-4-3-11(10-13(12)20)15-16-14(2-1-5-21-16)23-7-6-22(8-9-24)18(25)17(15)23/h1-5,10,24H,6-9H2. The van der Waals surface area contributed by atoms with E-state index >= 15 is 0 Å². The lowest BCUT2D eigenvalue weighted by molar-refractivity contribution is 0.0672. The summed E-state index contributed by atoms with van der Waals surface area (Å²) in [4.78, 5) is 18.8. The zero-order valence-electron chi connectivity index (χ0n) is 13.2. The fourth-order valence-electron chi connectivity index (χ4n) is 3.36. The fourth-order valence-corrected chi connectivity index (χ4v) is 3.36. The third-order valence-corrected chi connectivity index (χ3v) is 4.48. The van der Waals surface area contributed by atoms with E-state index in [0.29, 0.717) is 35.4 Å². The minimum absolute atomic E-state index is 0.134. The fraction of sp³-hybridized carbons (Fsp3) is 0.222. The molecule has 0 fully saturated rings. The van der Waals surface area contributed by atoms with Crippen molar-refractivity contribution in [3.05, 3.63) is 53.9 Å². The normalized spacial score (nSPS) is 14.2. The number of pyridine rings is 1. The predicted molar refractivity (Wildman–Crippen MR) is 88.1 cm³/mol. The second kappa shape index (κ2) is 5.93. The van der Waals surface area contributed by atoms with Crippen molar-refractivity contribution in [3.8, 4) is 11.1 Å². The van der Waals surface area contributed by atoms with Gasteiger partial charge in [0.2, 0.25) is 0 Å². The maximum absolute atomic E-state index is 13.8. The van der Waals surface area contributed by atoms with Crippen LogP contribution in [-0.2, 0) is 6.54 Å². The molecule has 128 valence electrons. The molecule has 1 aliphatic heterocycles. The predicted octanol–water partition coefficient (Wildman–Crippen LogP) is 2.43. The van der Waals surface area contributed by atoms with E-state index in [1.54, 1.807) is 17.2 Å². The van der Waals surface area contributed by atoms with E-state index in [1.165, 1.54) is 6.07 Å². The Bertz CT molecular complexity index is 984. The molecule has 25 heavy (non-hydrogen) atoms. The van der Waals surface area contributed by atoms with Gasteiger partial charge in [-0.05, 0) is 29.8 Å². The Kier molecular flexibility index (Phi) is 3.73. The van der Waals surface area contributed by atoms with E-state index in [9.17, 15) is 18.7 Å². The summed E-state index contributed by atoms with van der Waals surface area (Å²) in [5.74, 6) is -2.17. The SMILES string of the molecule is O=C1c2c(-c3ccc(F)c(F)c3)c3ncccc3n2CCN1CCO. The van der Waals surface area contributed by atoms with Crippen molar-refractivity contribution in [1.29, 1.82) is 0 Å². The first-order valence-electron chi connectivity index (χ1n) is 7.94. The Morgan fingerprint density at radius 2 is 2.00 bits per heavy atom. The summed E-state index contributed by atoms with van der Waals surface area (Å²) in [6.45, 7) is 1.12. The Morgan fingerprint density at radius 3 is 2.76 bits per heavy atom. The average Bonchev–Trinajstić information content (AvgIpc) is 2.95. The zero-order valence-corrected chi connectivity index (χ0v) is 13.2. The number of carbonyl (C=O) groups is 1. The van der Waals surface area contributed by atoms with Crippen LogP contribution in [0.15, 0.2) is 36.5 Å². The van der Waals surface area contributed by atoms with Crippen LogP contribution in [0.5, 0.6) is 0 Å². The van der Waals surface area contributed by atoms with Crippen molar-refractivity contribution < 1.29 is 18.7 Å². The second-order valence-corrected chi connectivity index (χ2v) is 5.89. The summed E-state index contributed by atoms with van der Waals surface area (Å²) in [7, 11) is 0. The molecule has 0 radical (unpaired) electrons. The van der Waals surface area contributed by atoms with Gasteiger partial charge in [0, 0.05) is 31.4 Å². The molecule has 2 aromatic heterocycles. The number of aliphatic hydroxyl groups excluding tert-OH is 1. The summed E-state index contributed by atoms with van der Waals surface area (Å²) in [5, 5.41) is 9.17. The summed E-state index contributed by atoms with van der Waals surface area (Å²) in [6.07, 6.45) is 1.60. The molecule has 0 saturated carbocycles. The van der Waals surface area contributed by atoms with Gasteiger partial charge in [-0.1, -0.05) is 6.07 Å². The van der Waals surface area contributed by atoms with Gasteiger partial charge in [-0.3, -0.25) is 9.78 Å². The Morgan fingerprint density at radius 1 is 1.16 bits per heavy atom. The Labute approximate surface area is 142 Å². The first-order valence-corrected chi connectivity index (χ1v) is 7.94. The molecule has 3 aromatic rings. The molecule has 4 rings (SSSR count). The van der Waals surface area contributed by atoms with Crippen LogP contribution in [0, 0.1) is 11.6 Å². The number of rotatable bonds is 3. The van der Waals surface area contributed by atoms with Gasteiger partial charge in [-0.25, -0.2) is 8.78 Å². The number of nitrogens with zero attached hydrogens (tertiary/aromatic N) is 3. The quantitative estimate of drug-likeness (QED) is 0.795. The van der Waals surface area contributed by atoms with Gasteiger partial charge >= 0.3 is 0 Å². The van der Waals surface area contributed by atoms with Crippen molar-refractivity contribution in [3.63, 3.8) is 0 Å². The molecule has 3 heterocycles. The van der Waals surface area contributed by atoms with Crippen LogP contribution in [0.4, 0.5) is 8.78 Å². The average molecular weight is 343 g/mol. The van der Waals surface area contributed by atoms with E-state index in [0.717, 1.165) is 17.6 Å². The van der Waals surface area contributed by atoms with E-state index in [1.807, 2.05) is 10.6 Å². The summed E-state index contributed by atoms with van der Waals surface area (Å²) in [6, 6.07) is 7.20. The second-order valence-electron chi connectivity index (χ2n) is 5.89. The summed E-state index contributed by atoms with van der Waals surface area (Å²) >= 11 is 0. The van der Waals surface area contributed by atoms with Crippen LogP contribution in [-0.4, -0.2) is 45.2 Å². The van der Waals surface area contributed by atoms with Crippen LogP contribution < -0.4 is 0 Å². The monoisotopic (exact) mass is 343 g/mol. The lowest BCUT2D eigenvalue weighted by Gasteiger charge is -2.28. The summed E-state index contributed by atoms with van der Waals surface area (Å²) in [5.41, 5.74) is 2.62. The van der Waals surface area contributed by atoms with Gasteiger partial charge in [-0.15, -0.1) is 0 Å². The smallest absolute Gasteiger partial charge is 0.271 e. The van der Waals surface area contributed by atoms with Crippen LogP contribution >= 0.6 is 0 Å². The first kappa shape index (κ1) is 15.7. The van der Waals surface area contributed by atoms with Crippen LogP contribution in [0.2, 0.25) is 0 Å². The third-order valence-electron chi connectivity index (χ3n) is 4.48. The highest BCUT2D eigenvalue weighted by Crippen LogP contribution is 2.36. The molecular weight excluding hydrogens is 328 g/mol. The minimum Gasteiger partial charge on any atom is -0.395 e. The molecule has 0 atom stereocenters. The van der Waals surface area contributed by atoms with Gasteiger partial charge < -0.3 is 14.6 Å². The molecule has 1 aromatic carbocycles. The minimum atomic E-state index is -0.975. The maximum atomic E-state index is 13.8. The van der Waals surface area contributed by atoms with Crippen molar-refractivity contribution in [1.82, 2.24) is 14.5 Å². The topological polar surface area (TPSA) is 58.4 Å². The Balaban J connectivity index is 2.00. The lowest BCUT2D eigenvalue weighted by atomic mass is 10.0. The van der Waals surface area contributed by atoms with Crippen molar-refractivity contribution in [2.45, 2.75) is 6.54 Å². The third kappa shape index (κ3) is 2.39. The highest BCUT2D eigenvalue weighted by molar-refractivity contribution is 6.09. The molecule has 0 aliphatic carbocycles. The molecule has 1 N–H and O–H groups in total. The number of aliphatic hydroxyl groups is 1. The lowest BCUT2D eigenvalue weighted by Crippen LogP contribution is -2.41. The number of halogens is 2. The number of hydrogen-bond acceptors (Lipinski definition) is 3. The van der Waals surface area contributed by atoms with E-state index in [4.69, 9.17) is 0 Å². The summed E-state index contributed by atoms with van der Waals surface area (Å²) < 4.78 is 29.0. The largest absolute Gasteiger partial charge is 0.395 e. The van der Waals surface area contributed by atoms with Gasteiger partial charge in [-0.2, -0.15) is 0 Å². The molecule has 0 bridgehead atoms. The number of fused-ring (bicyclic) bond motifs is 3. The van der Waals surface area contributed by atoms with Crippen LogP contribution in [0.25, 0.3) is 22.2 Å². The molecule has 5 nitrogen and oxygen atoms in total. The molecule has 7 heteroatoms. The number of aromatic nitrogens is 2. The van der Waals surface area contributed by atoms with Crippen molar-refractivity contribution >= 4 is 16.9 Å². The molecule has 0 unspecified atom stereocenters. The van der Waals surface area contributed by atoms with Crippen molar-refractivity contribution in [2.24, 2.45) is 0 Å². The molecule has 1 amide bonds.